The summed E-state index contributed by atoms with van der Waals surface area (Å²) in [7, 11) is -5.02. The topological polar surface area (TPSA) is 18.5 Å². The molecule has 1 unspecified atom stereocenters. The molecule has 0 aromatic carbocycles. The molecule has 0 aliphatic rings. The Balaban J connectivity index is 5.09. The van der Waals surface area contributed by atoms with E-state index in [9.17, 15) is 0 Å². The highest BCUT2D eigenvalue weighted by atomic mass is 28.4. The van der Waals surface area contributed by atoms with Crippen molar-refractivity contribution in [1.82, 2.24) is 0 Å². The van der Waals surface area contributed by atoms with Crippen LogP contribution in [0.15, 0.2) is 12.0 Å². The Kier molecular flexibility index (Phi) is 5.92. The van der Waals surface area contributed by atoms with Crippen LogP contribution in [0.1, 0.15) is 20.3 Å². The second-order valence-electron chi connectivity index (χ2n) is 8.08. The van der Waals surface area contributed by atoms with Gasteiger partial charge in [0.25, 0.3) is 8.32 Å². The van der Waals surface area contributed by atoms with Gasteiger partial charge in [0.15, 0.2) is 0 Å². The number of rotatable bonds is 7. The minimum absolute atomic E-state index is 0.00549. The minimum Gasteiger partial charge on any atom is -0.549 e. The first kappa shape index (κ1) is 19.2. The highest BCUT2D eigenvalue weighted by molar-refractivity contribution is 6.83. The lowest BCUT2D eigenvalue weighted by Crippen LogP contribution is -2.57. The van der Waals surface area contributed by atoms with Crippen LogP contribution in [0.25, 0.3) is 0 Å². The fraction of sp³-hybridized carbons (Fsp3) is 0.857. The van der Waals surface area contributed by atoms with Crippen molar-refractivity contribution in [2.45, 2.75) is 77.9 Å². The van der Waals surface area contributed by atoms with Gasteiger partial charge in [0.2, 0.25) is 8.32 Å². The summed E-state index contributed by atoms with van der Waals surface area (Å²) in [6, 6.07) is 0. The van der Waals surface area contributed by atoms with Gasteiger partial charge in [-0.3, -0.25) is 0 Å². The van der Waals surface area contributed by atoms with E-state index in [0.29, 0.717) is 0 Å². The molecule has 0 saturated heterocycles. The molecule has 0 N–H and O–H groups in total. The molecule has 5 heteroatoms. The molecule has 0 amide bonds. The lowest BCUT2D eigenvalue weighted by atomic mass is 10.3. The molecule has 19 heavy (non-hydrogen) atoms. The van der Waals surface area contributed by atoms with Crippen LogP contribution < -0.4 is 0 Å². The Hall–Kier alpha value is 0.151. The third-order valence-electron chi connectivity index (χ3n) is 3.84. The maximum atomic E-state index is 6.65. The SMILES string of the molecule is C=C(O[Si](C)(C)C)[Si](C)(C)OC(C)(CC)[Si](C)(C)C. The Morgan fingerprint density at radius 3 is 1.68 bits per heavy atom. The van der Waals surface area contributed by atoms with E-state index in [4.69, 9.17) is 8.85 Å². The molecule has 0 bridgehead atoms. The molecule has 0 heterocycles. The summed E-state index contributed by atoms with van der Waals surface area (Å²) >= 11 is 0. The zero-order chi connectivity index (χ0) is 15.7. The minimum atomic E-state index is -2.03. The third kappa shape index (κ3) is 5.57. The fourth-order valence-corrected chi connectivity index (χ4v) is 8.94. The Bertz CT molecular complexity index is 327. The van der Waals surface area contributed by atoms with E-state index < -0.39 is 24.7 Å². The van der Waals surface area contributed by atoms with E-state index in [1.54, 1.807) is 0 Å². The molecule has 0 radical (unpaired) electrons. The highest BCUT2D eigenvalue weighted by Gasteiger charge is 2.45. The Morgan fingerprint density at radius 2 is 1.42 bits per heavy atom. The lowest BCUT2D eigenvalue weighted by molar-refractivity contribution is 0.147. The highest BCUT2D eigenvalue weighted by Crippen LogP contribution is 2.34. The van der Waals surface area contributed by atoms with E-state index in [-0.39, 0.29) is 5.22 Å². The van der Waals surface area contributed by atoms with Crippen LogP contribution >= 0.6 is 0 Å². The zero-order valence-electron chi connectivity index (χ0n) is 14.7. The standard InChI is InChI=1S/C14H34O2Si3/c1-12-14(3,17(4,5)6)16-19(10,11)13(2)15-18(7,8)9/h2,12H2,1,3-11H3. The van der Waals surface area contributed by atoms with E-state index in [2.05, 4.69) is 72.8 Å². The van der Waals surface area contributed by atoms with Gasteiger partial charge < -0.3 is 8.85 Å². The van der Waals surface area contributed by atoms with Gasteiger partial charge in [0.05, 0.1) is 13.5 Å². The molecule has 0 aromatic heterocycles. The average Bonchev–Trinajstić information content (AvgIpc) is 2.12. The average molecular weight is 319 g/mol. The van der Waals surface area contributed by atoms with Gasteiger partial charge in [0, 0.05) is 5.22 Å². The largest absolute Gasteiger partial charge is 0.549 e. The Labute approximate surface area is 123 Å². The molecular formula is C14H34O2Si3. The van der Waals surface area contributed by atoms with Crippen molar-refractivity contribution < 1.29 is 8.85 Å². The van der Waals surface area contributed by atoms with Crippen LogP contribution in [0.2, 0.25) is 52.4 Å². The summed E-state index contributed by atoms with van der Waals surface area (Å²) in [5.41, 5.74) is 0. The van der Waals surface area contributed by atoms with Crippen LogP contribution in [0, 0.1) is 0 Å². The van der Waals surface area contributed by atoms with Crippen LogP contribution in [0.4, 0.5) is 0 Å². The first-order valence-electron chi connectivity index (χ1n) is 7.23. The molecule has 0 saturated carbocycles. The van der Waals surface area contributed by atoms with Gasteiger partial charge >= 0.3 is 0 Å². The van der Waals surface area contributed by atoms with Crippen molar-refractivity contribution in [2.24, 2.45) is 0 Å². The molecule has 0 spiro atoms. The quantitative estimate of drug-likeness (QED) is 0.477. The van der Waals surface area contributed by atoms with Crippen LogP contribution in [0.5, 0.6) is 0 Å². The lowest BCUT2D eigenvalue weighted by Gasteiger charge is -2.46. The smallest absolute Gasteiger partial charge is 0.254 e. The summed E-state index contributed by atoms with van der Waals surface area (Å²) in [6.45, 7) is 26.8. The Morgan fingerprint density at radius 1 is 1.00 bits per heavy atom. The van der Waals surface area contributed by atoms with Crippen molar-refractivity contribution in [2.75, 3.05) is 0 Å². The maximum Gasteiger partial charge on any atom is 0.254 e. The van der Waals surface area contributed by atoms with Gasteiger partial charge in [-0.1, -0.05) is 33.1 Å². The van der Waals surface area contributed by atoms with Crippen molar-refractivity contribution in [1.29, 1.82) is 0 Å². The maximum absolute atomic E-state index is 6.65. The summed E-state index contributed by atoms with van der Waals surface area (Å²) in [6.07, 6.45) is 1.05. The van der Waals surface area contributed by atoms with Crippen molar-refractivity contribution in [3.63, 3.8) is 0 Å². The van der Waals surface area contributed by atoms with E-state index in [0.717, 1.165) is 11.8 Å². The molecule has 2 nitrogen and oxygen atoms in total. The van der Waals surface area contributed by atoms with Crippen LogP contribution in [-0.2, 0) is 8.85 Å². The van der Waals surface area contributed by atoms with Gasteiger partial charge in [-0.2, -0.15) is 0 Å². The van der Waals surface area contributed by atoms with Gasteiger partial charge in [-0.15, -0.1) is 0 Å². The fourth-order valence-electron chi connectivity index (χ4n) is 1.87. The predicted octanol–water partition coefficient (Wildman–Crippen LogP) is 5.16. The van der Waals surface area contributed by atoms with Gasteiger partial charge in [0.1, 0.15) is 0 Å². The first-order valence-corrected chi connectivity index (χ1v) is 17.0. The second kappa shape index (κ2) is 5.87. The van der Waals surface area contributed by atoms with Gasteiger partial charge in [-0.05, 0) is 46.1 Å². The summed E-state index contributed by atoms with van der Waals surface area (Å²) in [5, 5.41) is 0.902. The molecule has 0 aliphatic carbocycles. The van der Waals surface area contributed by atoms with Crippen molar-refractivity contribution in [3.05, 3.63) is 12.0 Å². The summed E-state index contributed by atoms with van der Waals surface area (Å²) in [5.74, 6) is 0. The monoisotopic (exact) mass is 318 g/mol. The van der Waals surface area contributed by atoms with Crippen LogP contribution in [-0.4, -0.2) is 29.9 Å². The molecule has 1 atom stereocenters. The first-order chi connectivity index (χ1) is 8.15. The van der Waals surface area contributed by atoms with Crippen molar-refractivity contribution >= 4 is 24.7 Å². The summed E-state index contributed by atoms with van der Waals surface area (Å²) in [4.78, 5) is 0. The molecular weight excluding hydrogens is 284 g/mol. The predicted molar refractivity (Wildman–Crippen MR) is 94.2 cm³/mol. The summed E-state index contributed by atoms with van der Waals surface area (Å²) < 4.78 is 12.7. The number of hydrogen-bond acceptors (Lipinski definition) is 2. The van der Waals surface area contributed by atoms with E-state index in [1.165, 1.54) is 0 Å². The zero-order valence-corrected chi connectivity index (χ0v) is 17.7. The number of hydrogen-bond donors (Lipinski definition) is 0. The van der Waals surface area contributed by atoms with Crippen LogP contribution in [0.3, 0.4) is 0 Å². The molecule has 114 valence electrons. The molecule has 0 fully saturated rings. The third-order valence-corrected chi connectivity index (χ3v) is 11.1. The van der Waals surface area contributed by atoms with E-state index in [1.807, 2.05) is 0 Å². The molecule has 0 rings (SSSR count). The van der Waals surface area contributed by atoms with Gasteiger partial charge in [-0.25, -0.2) is 0 Å². The van der Waals surface area contributed by atoms with E-state index >= 15 is 0 Å². The second-order valence-corrected chi connectivity index (χ2v) is 21.9. The molecule has 0 aliphatic heterocycles. The molecule has 0 aromatic rings. The van der Waals surface area contributed by atoms with Crippen molar-refractivity contribution in [3.8, 4) is 0 Å². The normalized spacial score (nSPS) is 16.9.